The van der Waals surface area contributed by atoms with Gasteiger partial charge in [-0.25, -0.2) is 0 Å². The second-order valence-electron chi connectivity index (χ2n) is 9.33. The number of Topliss-reactive ketones (excluding diaryl/α,β-unsaturated/α-hetero) is 1. The van der Waals surface area contributed by atoms with E-state index in [0.29, 0.717) is 11.5 Å². The molecule has 1 amide bonds. The van der Waals surface area contributed by atoms with Crippen molar-refractivity contribution in [2.75, 3.05) is 5.32 Å². The van der Waals surface area contributed by atoms with Gasteiger partial charge in [0.05, 0.1) is 5.92 Å². The van der Waals surface area contributed by atoms with E-state index in [2.05, 4.69) is 36.6 Å². The normalized spacial score (nSPS) is 26.3. The molecule has 3 aromatic carbocycles. The summed E-state index contributed by atoms with van der Waals surface area (Å²) in [5.41, 5.74) is 2.29. The van der Waals surface area contributed by atoms with Crippen molar-refractivity contribution >= 4 is 17.4 Å². The van der Waals surface area contributed by atoms with E-state index in [1.54, 1.807) is 0 Å². The molecule has 4 heteroatoms. The number of hydrogen-bond donors (Lipinski definition) is 2. The molecule has 1 fully saturated rings. The molecular formula is C28H28N2O2. The van der Waals surface area contributed by atoms with Gasteiger partial charge >= 0.3 is 0 Å². The molecule has 0 aliphatic carbocycles. The second-order valence-corrected chi connectivity index (χ2v) is 9.33. The molecular weight excluding hydrogens is 396 g/mol. The number of carbonyl (C=O) groups excluding carboxylic acids is 2. The fourth-order valence-corrected chi connectivity index (χ4v) is 5.66. The van der Waals surface area contributed by atoms with E-state index in [1.165, 1.54) is 0 Å². The molecule has 5 rings (SSSR count). The van der Waals surface area contributed by atoms with Crippen molar-refractivity contribution in [3.05, 3.63) is 102 Å². The Bertz CT molecular complexity index is 1140. The Morgan fingerprint density at radius 3 is 2.22 bits per heavy atom. The highest BCUT2D eigenvalue weighted by molar-refractivity contribution is 6.12. The van der Waals surface area contributed by atoms with Crippen LogP contribution in [0, 0.1) is 11.8 Å². The molecule has 0 unspecified atom stereocenters. The van der Waals surface area contributed by atoms with E-state index < -0.39 is 11.5 Å². The van der Waals surface area contributed by atoms with Crippen LogP contribution in [0.3, 0.4) is 0 Å². The average molecular weight is 425 g/mol. The maximum Gasteiger partial charge on any atom is 0.250 e. The molecule has 2 N–H and O–H groups in total. The van der Waals surface area contributed by atoms with Gasteiger partial charge in [-0.2, -0.15) is 0 Å². The van der Waals surface area contributed by atoms with Crippen molar-refractivity contribution in [1.29, 1.82) is 0 Å². The molecule has 2 aliphatic rings. The molecule has 0 bridgehead atoms. The van der Waals surface area contributed by atoms with Crippen molar-refractivity contribution in [3.8, 4) is 0 Å². The summed E-state index contributed by atoms with van der Waals surface area (Å²) in [5, 5.41) is 6.78. The zero-order chi connectivity index (χ0) is 22.3. The molecule has 162 valence electrons. The Labute approximate surface area is 189 Å². The predicted octanol–water partition coefficient (Wildman–Crippen LogP) is 5.13. The standard InChI is InChI=1S/C28H28N2O2/c1-18(2)17-23-24(19-11-5-3-6-12-19)25(26(31)20-13-7-4-8-14-20)28(30-23)21-15-9-10-16-22(21)29-27(28)32/h3-16,18,23-25,30H,17H2,1-2H3,(H,29,32)/t23-,24+,25+,28-/m0/s1. The minimum absolute atomic E-state index is 0.00469. The van der Waals surface area contributed by atoms with Crippen molar-refractivity contribution in [2.24, 2.45) is 11.8 Å². The second kappa shape index (κ2) is 8.03. The summed E-state index contributed by atoms with van der Waals surface area (Å²) >= 11 is 0. The Hall–Kier alpha value is -3.24. The highest BCUT2D eigenvalue weighted by atomic mass is 16.2. The van der Waals surface area contributed by atoms with Crippen LogP contribution in [-0.4, -0.2) is 17.7 Å². The summed E-state index contributed by atoms with van der Waals surface area (Å²) in [6.45, 7) is 4.37. The maximum absolute atomic E-state index is 14.2. The number of amides is 1. The largest absolute Gasteiger partial charge is 0.324 e. The first kappa shape index (κ1) is 20.7. The van der Waals surface area contributed by atoms with Gasteiger partial charge in [0, 0.05) is 28.8 Å². The number of ketones is 1. The van der Waals surface area contributed by atoms with Crippen molar-refractivity contribution in [2.45, 2.75) is 37.8 Å². The van der Waals surface area contributed by atoms with Gasteiger partial charge in [-0.3, -0.25) is 14.9 Å². The van der Waals surface area contributed by atoms with Gasteiger partial charge in [-0.15, -0.1) is 0 Å². The minimum atomic E-state index is -1.09. The number of fused-ring (bicyclic) bond motifs is 2. The van der Waals surface area contributed by atoms with E-state index in [0.717, 1.165) is 23.2 Å². The molecule has 4 atom stereocenters. The minimum Gasteiger partial charge on any atom is -0.324 e. The first-order valence-electron chi connectivity index (χ1n) is 11.3. The van der Waals surface area contributed by atoms with Gasteiger partial charge in [0.2, 0.25) is 5.91 Å². The molecule has 1 saturated heterocycles. The van der Waals surface area contributed by atoms with E-state index >= 15 is 0 Å². The number of para-hydroxylation sites is 1. The lowest BCUT2D eigenvalue weighted by Crippen LogP contribution is -2.51. The maximum atomic E-state index is 14.2. The third-order valence-corrected chi connectivity index (χ3v) is 6.88. The fourth-order valence-electron chi connectivity index (χ4n) is 5.66. The summed E-state index contributed by atoms with van der Waals surface area (Å²) in [5.74, 6) is -0.394. The zero-order valence-electron chi connectivity index (χ0n) is 18.4. The Kier molecular flexibility index (Phi) is 5.18. The van der Waals surface area contributed by atoms with Gasteiger partial charge in [0.25, 0.3) is 0 Å². The summed E-state index contributed by atoms with van der Waals surface area (Å²) in [6, 6.07) is 27.3. The van der Waals surface area contributed by atoms with Crippen molar-refractivity contribution in [1.82, 2.24) is 5.32 Å². The Balaban J connectivity index is 1.74. The highest BCUT2D eigenvalue weighted by Crippen LogP contribution is 2.54. The van der Waals surface area contributed by atoms with Crippen LogP contribution < -0.4 is 10.6 Å². The molecule has 2 aliphatic heterocycles. The van der Waals surface area contributed by atoms with E-state index in [1.807, 2.05) is 72.8 Å². The lowest BCUT2D eigenvalue weighted by Gasteiger charge is -2.31. The van der Waals surface area contributed by atoms with Crippen LogP contribution in [0.15, 0.2) is 84.9 Å². The average Bonchev–Trinajstić information content (AvgIpc) is 3.29. The number of nitrogens with one attached hydrogen (secondary N) is 2. The summed E-state index contributed by atoms with van der Waals surface area (Å²) in [7, 11) is 0. The monoisotopic (exact) mass is 424 g/mol. The van der Waals surface area contributed by atoms with Crippen LogP contribution in [0.2, 0.25) is 0 Å². The van der Waals surface area contributed by atoms with Crippen LogP contribution >= 0.6 is 0 Å². The van der Waals surface area contributed by atoms with E-state index in [-0.39, 0.29) is 23.7 Å². The smallest absolute Gasteiger partial charge is 0.250 e. The Morgan fingerprint density at radius 1 is 0.906 bits per heavy atom. The van der Waals surface area contributed by atoms with E-state index in [9.17, 15) is 9.59 Å². The lowest BCUT2D eigenvalue weighted by molar-refractivity contribution is -0.122. The van der Waals surface area contributed by atoms with Crippen LogP contribution in [0.4, 0.5) is 5.69 Å². The first-order valence-corrected chi connectivity index (χ1v) is 11.3. The van der Waals surface area contributed by atoms with Gasteiger partial charge in [-0.05, 0) is 24.0 Å². The highest BCUT2D eigenvalue weighted by Gasteiger charge is 2.64. The van der Waals surface area contributed by atoms with Gasteiger partial charge in [-0.1, -0.05) is 92.7 Å². The SMILES string of the molecule is CC(C)C[C@@H]1N[C@]2(C(=O)Nc3ccccc32)[C@@H](C(=O)c2ccccc2)[C@@H]1c1ccccc1. The molecule has 1 spiro atoms. The summed E-state index contributed by atoms with van der Waals surface area (Å²) in [6.07, 6.45) is 0.870. The first-order chi connectivity index (χ1) is 15.5. The van der Waals surface area contributed by atoms with Gasteiger partial charge in [0.15, 0.2) is 5.78 Å². The van der Waals surface area contributed by atoms with Crippen LogP contribution in [0.5, 0.6) is 0 Å². The number of carbonyl (C=O) groups is 2. The molecule has 32 heavy (non-hydrogen) atoms. The third-order valence-electron chi connectivity index (χ3n) is 6.88. The van der Waals surface area contributed by atoms with Crippen LogP contribution in [-0.2, 0) is 10.3 Å². The quantitative estimate of drug-likeness (QED) is 0.558. The van der Waals surface area contributed by atoms with E-state index in [4.69, 9.17) is 0 Å². The Morgan fingerprint density at radius 2 is 1.53 bits per heavy atom. The molecule has 0 saturated carbocycles. The molecule has 0 aromatic heterocycles. The number of benzene rings is 3. The molecule has 3 aromatic rings. The van der Waals surface area contributed by atoms with Crippen LogP contribution in [0.1, 0.15) is 47.7 Å². The fraction of sp³-hybridized carbons (Fsp3) is 0.286. The summed E-state index contributed by atoms with van der Waals surface area (Å²) in [4.78, 5) is 27.8. The summed E-state index contributed by atoms with van der Waals surface area (Å²) < 4.78 is 0. The van der Waals surface area contributed by atoms with Crippen LogP contribution in [0.25, 0.3) is 0 Å². The number of hydrogen-bond acceptors (Lipinski definition) is 3. The molecule has 4 nitrogen and oxygen atoms in total. The van der Waals surface area contributed by atoms with Gasteiger partial charge in [0.1, 0.15) is 5.54 Å². The number of rotatable bonds is 5. The van der Waals surface area contributed by atoms with Crippen molar-refractivity contribution in [3.63, 3.8) is 0 Å². The number of anilines is 1. The topological polar surface area (TPSA) is 58.2 Å². The lowest BCUT2D eigenvalue weighted by atomic mass is 9.69. The van der Waals surface area contributed by atoms with Crippen molar-refractivity contribution < 1.29 is 9.59 Å². The zero-order valence-corrected chi connectivity index (χ0v) is 18.4. The predicted molar refractivity (Wildman–Crippen MR) is 127 cm³/mol. The molecule has 0 radical (unpaired) electrons. The van der Waals surface area contributed by atoms with Gasteiger partial charge < -0.3 is 5.32 Å². The third kappa shape index (κ3) is 3.18. The molecule has 2 heterocycles.